The van der Waals surface area contributed by atoms with Crippen LogP contribution in [0.1, 0.15) is 58.9 Å². The number of ketones is 1. The van der Waals surface area contributed by atoms with E-state index < -0.39 is 17.8 Å². The van der Waals surface area contributed by atoms with Gasteiger partial charge in [0, 0.05) is 39.4 Å². The highest BCUT2D eigenvalue weighted by Gasteiger charge is 2.46. The molecule has 0 bridgehead atoms. The molecule has 0 saturated carbocycles. The zero-order valence-corrected chi connectivity index (χ0v) is 18.3. The highest BCUT2D eigenvalue weighted by molar-refractivity contribution is 6.35. The van der Waals surface area contributed by atoms with E-state index in [4.69, 9.17) is 27.9 Å². The van der Waals surface area contributed by atoms with E-state index in [9.17, 15) is 9.59 Å². The summed E-state index contributed by atoms with van der Waals surface area (Å²) < 4.78 is 5.51. The second-order valence-corrected chi connectivity index (χ2v) is 9.50. The number of benzene rings is 1. The molecule has 2 atom stereocenters. The molecule has 0 aromatic heterocycles. The Bertz CT molecular complexity index is 899. The Balaban J connectivity index is 2.20. The Labute approximate surface area is 176 Å². The van der Waals surface area contributed by atoms with E-state index in [1.165, 1.54) is 0 Å². The Kier molecular flexibility index (Phi) is 5.75. The lowest BCUT2D eigenvalue weighted by Gasteiger charge is -2.39. The molecule has 6 heteroatoms. The predicted molar refractivity (Wildman–Crippen MR) is 112 cm³/mol. The number of allylic oxidation sites excluding steroid dienone is 2. The third kappa shape index (κ3) is 4.04. The van der Waals surface area contributed by atoms with E-state index >= 15 is 0 Å². The van der Waals surface area contributed by atoms with Crippen LogP contribution in [0.3, 0.4) is 0 Å². The molecule has 0 spiro atoms. The molecule has 1 unspecified atom stereocenters. The fraction of sp³-hybridized carbons (Fsp3) is 0.500. The number of halogens is 2. The minimum Gasteiger partial charge on any atom is -0.462 e. The summed E-state index contributed by atoms with van der Waals surface area (Å²) in [5.41, 5.74) is 2.51. The number of carbonyl (C=O) groups excluding carboxylic acids is 2. The smallest absolute Gasteiger partial charge is 0.315 e. The molecule has 1 aliphatic heterocycles. The van der Waals surface area contributed by atoms with Crippen LogP contribution in [-0.4, -0.2) is 23.6 Å². The molecule has 0 saturated heterocycles. The fourth-order valence-corrected chi connectivity index (χ4v) is 4.67. The summed E-state index contributed by atoms with van der Waals surface area (Å²) in [6, 6.07) is 5.16. The van der Waals surface area contributed by atoms with Gasteiger partial charge in [0.2, 0.25) is 0 Å². The molecular formula is C22H25Cl2NO3. The van der Waals surface area contributed by atoms with Crippen molar-refractivity contribution in [3.05, 3.63) is 45.1 Å². The van der Waals surface area contributed by atoms with Crippen LogP contribution in [0.2, 0.25) is 10.0 Å². The van der Waals surface area contributed by atoms with Gasteiger partial charge in [0.05, 0.1) is 6.10 Å². The van der Waals surface area contributed by atoms with E-state index in [0.717, 1.165) is 5.70 Å². The number of hydrogen-bond donors (Lipinski definition) is 0. The number of carbonyl (C=O) groups is 2. The molecule has 0 amide bonds. The van der Waals surface area contributed by atoms with Crippen molar-refractivity contribution in [3.63, 3.8) is 0 Å². The molecule has 1 aliphatic carbocycles. The van der Waals surface area contributed by atoms with E-state index in [0.29, 0.717) is 39.7 Å². The van der Waals surface area contributed by atoms with Gasteiger partial charge in [-0.05, 0) is 50.3 Å². The third-order valence-electron chi connectivity index (χ3n) is 5.21. The molecule has 3 rings (SSSR count). The van der Waals surface area contributed by atoms with Crippen LogP contribution in [0, 0.1) is 11.3 Å². The Morgan fingerprint density at radius 3 is 2.54 bits per heavy atom. The van der Waals surface area contributed by atoms with Gasteiger partial charge < -0.3 is 4.74 Å². The number of Topliss-reactive ketones (excluding diaryl/α,β-unsaturated/α-hetero) is 1. The summed E-state index contributed by atoms with van der Waals surface area (Å²) in [4.78, 5) is 30.8. The van der Waals surface area contributed by atoms with Crippen LogP contribution in [-0.2, 0) is 14.3 Å². The first-order valence-corrected chi connectivity index (χ1v) is 10.2. The van der Waals surface area contributed by atoms with Gasteiger partial charge in [0.25, 0.3) is 0 Å². The molecule has 1 heterocycles. The van der Waals surface area contributed by atoms with Crippen LogP contribution in [0.15, 0.2) is 34.5 Å². The highest BCUT2D eigenvalue weighted by atomic mass is 35.5. The summed E-state index contributed by atoms with van der Waals surface area (Å²) >= 11 is 12.6. The molecular weight excluding hydrogens is 397 g/mol. The topological polar surface area (TPSA) is 55.7 Å². The van der Waals surface area contributed by atoms with Gasteiger partial charge in [-0.3, -0.25) is 14.6 Å². The van der Waals surface area contributed by atoms with Crippen molar-refractivity contribution in [2.75, 3.05) is 0 Å². The van der Waals surface area contributed by atoms with E-state index in [1.807, 2.05) is 6.92 Å². The number of rotatable bonds is 3. The Morgan fingerprint density at radius 1 is 1.25 bits per heavy atom. The summed E-state index contributed by atoms with van der Waals surface area (Å²) in [5.74, 6) is -1.59. The van der Waals surface area contributed by atoms with Crippen LogP contribution < -0.4 is 0 Å². The van der Waals surface area contributed by atoms with Crippen molar-refractivity contribution in [2.45, 2.75) is 59.5 Å². The Hall–Kier alpha value is -1.65. The number of esters is 1. The van der Waals surface area contributed by atoms with Crippen molar-refractivity contribution < 1.29 is 14.3 Å². The van der Waals surface area contributed by atoms with E-state index in [1.54, 1.807) is 32.0 Å². The monoisotopic (exact) mass is 421 g/mol. The zero-order valence-electron chi connectivity index (χ0n) is 16.8. The molecule has 28 heavy (non-hydrogen) atoms. The van der Waals surface area contributed by atoms with Gasteiger partial charge in [-0.25, -0.2) is 0 Å². The first-order valence-electron chi connectivity index (χ1n) is 9.47. The van der Waals surface area contributed by atoms with Crippen LogP contribution in [0.5, 0.6) is 0 Å². The van der Waals surface area contributed by atoms with Gasteiger partial charge >= 0.3 is 5.97 Å². The quantitative estimate of drug-likeness (QED) is 0.582. The van der Waals surface area contributed by atoms with Crippen molar-refractivity contribution in [1.29, 1.82) is 0 Å². The first kappa shape index (κ1) is 21.1. The largest absolute Gasteiger partial charge is 0.462 e. The lowest BCUT2D eigenvalue weighted by atomic mass is 9.67. The van der Waals surface area contributed by atoms with Crippen molar-refractivity contribution in [2.24, 2.45) is 16.3 Å². The highest BCUT2D eigenvalue weighted by Crippen LogP contribution is 2.49. The molecule has 0 N–H and O–H groups in total. The van der Waals surface area contributed by atoms with Crippen LogP contribution >= 0.6 is 23.2 Å². The molecule has 2 aliphatic rings. The van der Waals surface area contributed by atoms with Gasteiger partial charge in [-0.2, -0.15) is 0 Å². The second kappa shape index (κ2) is 7.64. The van der Waals surface area contributed by atoms with Gasteiger partial charge in [0.15, 0.2) is 5.78 Å². The zero-order chi connectivity index (χ0) is 20.8. The average molecular weight is 422 g/mol. The number of nitrogens with zero attached hydrogens (tertiary/aromatic N) is 1. The lowest BCUT2D eigenvalue weighted by Crippen LogP contribution is -2.40. The minimum absolute atomic E-state index is 0.0147. The molecule has 1 aromatic carbocycles. The standard InChI is InChI=1S/C22H25Cl2NO3/c1-11(2)28-21(27)18-12(3)25-16-9-22(4,5)10-17(26)20(16)19(18)14-7-6-13(23)8-15(14)24/h6-8,11,18-19H,9-10H2,1-5H3/t18?,19-/m0/s1. The van der Waals surface area contributed by atoms with Gasteiger partial charge in [-0.15, -0.1) is 0 Å². The van der Waals surface area contributed by atoms with Crippen molar-refractivity contribution >= 4 is 40.7 Å². The van der Waals surface area contributed by atoms with Gasteiger partial charge in [-0.1, -0.05) is 43.1 Å². The van der Waals surface area contributed by atoms with E-state index in [2.05, 4.69) is 18.8 Å². The third-order valence-corrected chi connectivity index (χ3v) is 5.77. The number of ether oxygens (including phenoxy) is 1. The minimum atomic E-state index is -0.690. The fourth-order valence-electron chi connectivity index (χ4n) is 4.15. The van der Waals surface area contributed by atoms with E-state index in [-0.39, 0.29) is 17.3 Å². The summed E-state index contributed by atoms with van der Waals surface area (Å²) in [5, 5.41) is 0.931. The second-order valence-electron chi connectivity index (χ2n) is 8.66. The predicted octanol–water partition coefficient (Wildman–Crippen LogP) is 5.76. The van der Waals surface area contributed by atoms with Gasteiger partial charge in [0.1, 0.15) is 5.92 Å². The molecule has 4 nitrogen and oxygen atoms in total. The molecule has 150 valence electrons. The molecule has 0 fully saturated rings. The van der Waals surface area contributed by atoms with Crippen molar-refractivity contribution in [3.8, 4) is 0 Å². The molecule has 1 aromatic rings. The maximum atomic E-state index is 13.2. The Morgan fingerprint density at radius 2 is 1.93 bits per heavy atom. The summed E-state index contributed by atoms with van der Waals surface area (Å²) in [6.07, 6.45) is 0.825. The average Bonchev–Trinajstić information content (AvgIpc) is 2.51. The molecule has 0 radical (unpaired) electrons. The van der Waals surface area contributed by atoms with Crippen molar-refractivity contribution in [1.82, 2.24) is 0 Å². The first-order chi connectivity index (χ1) is 13.0. The number of hydrogen-bond acceptors (Lipinski definition) is 4. The summed E-state index contributed by atoms with van der Waals surface area (Å²) in [6.45, 7) is 9.54. The number of aliphatic imine (C=N–C) groups is 1. The van der Waals surface area contributed by atoms with Crippen LogP contribution in [0.4, 0.5) is 0 Å². The maximum absolute atomic E-state index is 13.2. The van der Waals surface area contributed by atoms with Crippen LogP contribution in [0.25, 0.3) is 0 Å². The summed E-state index contributed by atoms with van der Waals surface area (Å²) in [7, 11) is 0. The normalized spacial score (nSPS) is 24.1. The SMILES string of the molecule is CC1=NC2=C(C(=O)CC(C)(C)C2)[C@@H](c2ccc(Cl)cc2Cl)C1C(=O)OC(C)C. The lowest BCUT2D eigenvalue weighted by molar-refractivity contribution is -0.150. The maximum Gasteiger partial charge on any atom is 0.315 e.